The zero-order valence-corrected chi connectivity index (χ0v) is 9.09. The predicted octanol–water partition coefficient (Wildman–Crippen LogP) is 2.55. The van der Waals surface area contributed by atoms with E-state index < -0.39 is 12.6 Å². The number of aromatic nitrogens is 1. The lowest BCUT2D eigenvalue weighted by Gasteiger charge is -2.14. The van der Waals surface area contributed by atoms with Crippen molar-refractivity contribution in [2.45, 2.75) is 32.0 Å². The summed E-state index contributed by atoms with van der Waals surface area (Å²) in [5, 5.41) is 2.85. The molecule has 0 saturated heterocycles. The number of rotatable bonds is 5. The van der Waals surface area contributed by atoms with Gasteiger partial charge >= 0.3 is 6.18 Å². The Kier molecular flexibility index (Phi) is 4.73. The Labute approximate surface area is 92.9 Å². The van der Waals surface area contributed by atoms with Crippen LogP contribution in [0.5, 0.6) is 0 Å². The van der Waals surface area contributed by atoms with Gasteiger partial charge in [0.1, 0.15) is 0 Å². The van der Waals surface area contributed by atoms with Gasteiger partial charge in [-0.2, -0.15) is 13.2 Å². The van der Waals surface area contributed by atoms with Crippen molar-refractivity contribution in [3.63, 3.8) is 0 Å². The summed E-state index contributed by atoms with van der Waals surface area (Å²) in [6, 6.07) is 3.76. The van der Waals surface area contributed by atoms with Crippen molar-refractivity contribution in [1.29, 1.82) is 0 Å². The van der Waals surface area contributed by atoms with Crippen LogP contribution in [0, 0.1) is 0 Å². The lowest BCUT2D eigenvalue weighted by Crippen LogP contribution is -2.31. The van der Waals surface area contributed by atoms with E-state index in [1.54, 1.807) is 12.4 Å². The van der Waals surface area contributed by atoms with E-state index in [-0.39, 0.29) is 12.6 Å². The third-order valence-corrected chi connectivity index (χ3v) is 2.19. The van der Waals surface area contributed by atoms with Crippen LogP contribution in [-0.2, 0) is 6.42 Å². The molecule has 1 rings (SSSR count). The Bertz CT molecular complexity index is 298. The summed E-state index contributed by atoms with van der Waals surface area (Å²) in [6.07, 6.45) is -0.799. The van der Waals surface area contributed by atoms with Gasteiger partial charge in [-0.3, -0.25) is 4.98 Å². The quantitative estimate of drug-likeness (QED) is 0.843. The molecule has 0 spiro atoms. The first kappa shape index (κ1) is 13.0. The van der Waals surface area contributed by atoms with Gasteiger partial charge in [-0.15, -0.1) is 0 Å². The molecule has 1 heterocycles. The van der Waals surface area contributed by atoms with Gasteiger partial charge in [-0.1, -0.05) is 0 Å². The number of nitrogens with zero attached hydrogens (tertiary/aromatic N) is 1. The van der Waals surface area contributed by atoms with Crippen LogP contribution in [0.3, 0.4) is 0 Å². The first-order valence-electron chi connectivity index (χ1n) is 5.16. The lowest BCUT2D eigenvalue weighted by atomic mass is 10.1. The second kappa shape index (κ2) is 5.84. The Hall–Kier alpha value is -1.10. The highest BCUT2D eigenvalue weighted by Gasteiger charge is 2.26. The molecule has 1 aromatic heterocycles. The Morgan fingerprint density at radius 2 is 1.94 bits per heavy atom. The largest absolute Gasteiger partial charge is 0.390 e. The number of hydrogen-bond acceptors (Lipinski definition) is 2. The monoisotopic (exact) mass is 232 g/mol. The third kappa shape index (κ3) is 5.70. The molecule has 0 aliphatic heterocycles. The summed E-state index contributed by atoms with van der Waals surface area (Å²) >= 11 is 0. The van der Waals surface area contributed by atoms with Crippen LogP contribution >= 0.6 is 0 Å². The Balaban J connectivity index is 2.24. The molecule has 16 heavy (non-hydrogen) atoms. The van der Waals surface area contributed by atoms with Crippen molar-refractivity contribution in [1.82, 2.24) is 10.3 Å². The van der Waals surface area contributed by atoms with E-state index in [4.69, 9.17) is 0 Å². The minimum absolute atomic E-state index is 0.0320. The second-order valence-corrected chi connectivity index (χ2v) is 3.78. The number of nitrogens with one attached hydrogen (secondary N) is 1. The van der Waals surface area contributed by atoms with Crippen LogP contribution in [0.25, 0.3) is 0 Å². The highest BCUT2D eigenvalue weighted by Crippen LogP contribution is 2.18. The molecule has 90 valence electrons. The summed E-state index contributed by atoms with van der Waals surface area (Å²) in [7, 11) is 0. The van der Waals surface area contributed by atoms with E-state index in [1.807, 2.05) is 19.1 Å². The van der Waals surface area contributed by atoms with Gasteiger partial charge in [0.2, 0.25) is 0 Å². The fourth-order valence-corrected chi connectivity index (χ4v) is 1.40. The first-order chi connectivity index (χ1) is 7.47. The molecule has 0 radical (unpaired) electrons. The molecule has 0 saturated carbocycles. The summed E-state index contributed by atoms with van der Waals surface area (Å²) in [4.78, 5) is 3.88. The summed E-state index contributed by atoms with van der Waals surface area (Å²) in [5.74, 6) is 0. The van der Waals surface area contributed by atoms with Crippen LogP contribution in [0.15, 0.2) is 24.5 Å². The summed E-state index contributed by atoms with van der Waals surface area (Å²) in [6.45, 7) is 1.84. The zero-order valence-electron chi connectivity index (χ0n) is 9.09. The number of halogens is 3. The summed E-state index contributed by atoms with van der Waals surface area (Å²) in [5.41, 5.74) is 1.07. The van der Waals surface area contributed by atoms with E-state index >= 15 is 0 Å². The van der Waals surface area contributed by atoms with E-state index in [1.165, 1.54) is 0 Å². The van der Waals surface area contributed by atoms with E-state index in [9.17, 15) is 13.2 Å². The van der Waals surface area contributed by atoms with Crippen molar-refractivity contribution in [2.75, 3.05) is 6.54 Å². The van der Waals surface area contributed by atoms with Gasteiger partial charge < -0.3 is 5.32 Å². The van der Waals surface area contributed by atoms with Crippen molar-refractivity contribution < 1.29 is 13.2 Å². The molecule has 1 atom stereocenters. The van der Waals surface area contributed by atoms with Crippen molar-refractivity contribution in [3.8, 4) is 0 Å². The van der Waals surface area contributed by atoms with Crippen molar-refractivity contribution in [3.05, 3.63) is 30.1 Å². The van der Waals surface area contributed by atoms with Gasteiger partial charge in [0, 0.05) is 25.0 Å². The first-order valence-corrected chi connectivity index (χ1v) is 5.16. The maximum atomic E-state index is 11.9. The van der Waals surface area contributed by atoms with E-state index in [2.05, 4.69) is 10.3 Å². The van der Waals surface area contributed by atoms with Crippen molar-refractivity contribution >= 4 is 0 Å². The standard InChI is InChI=1S/C11H15F3N2/c1-9(16-7-4-11(12,13)14)8-10-2-5-15-6-3-10/h2-3,5-6,9,16H,4,7-8H2,1H3. The molecule has 0 aromatic carbocycles. The van der Waals surface area contributed by atoms with Crippen molar-refractivity contribution in [2.24, 2.45) is 0 Å². The predicted molar refractivity (Wildman–Crippen MR) is 56.1 cm³/mol. The molecule has 0 amide bonds. The van der Waals surface area contributed by atoms with Gasteiger partial charge in [0.25, 0.3) is 0 Å². The molecule has 1 N–H and O–H groups in total. The maximum absolute atomic E-state index is 11.9. The van der Waals surface area contributed by atoms with E-state index in [0.29, 0.717) is 6.42 Å². The molecular weight excluding hydrogens is 217 g/mol. The molecule has 0 aliphatic rings. The highest BCUT2D eigenvalue weighted by molar-refractivity contribution is 5.10. The van der Waals surface area contributed by atoms with Gasteiger partial charge in [0.05, 0.1) is 6.42 Å². The maximum Gasteiger partial charge on any atom is 0.390 e. The number of alkyl halides is 3. The van der Waals surface area contributed by atoms with Gasteiger partial charge in [-0.05, 0) is 31.0 Å². The molecule has 1 aromatic rings. The SMILES string of the molecule is CC(Cc1ccncc1)NCCC(F)(F)F. The molecule has 2 nitrogen and oxygen atoms in total. The van der Waals surface area contributed by atoms with Crippen LogP contribution in [-0.4, -0.2) is 23.7 Å². The zero-order chi connectivity index (χ0) is 12.0. The Morgan fingerprint density at radius 3 is 2.50 bits per heavy atom. The Morgan fingerprint density at radius 1 is 1.31 bits per heavy atom. The number of pyridine rings is 1. The second-order valence-electron chi connectivity index (χ2n) is 3.78. The number of hydrogen-bond donors (Lipinski definition) is 1. The minimum Gasteiger partial charge on any atom is -0.314 e. The molecule has 0 fully saturated rings. The normalized spacial score (nSPS) is 13.8. The summed E-state index contributed by atoms with van der Waals surface area (Å²) < 4.78 is 35.7. The fraction of sp³-hybridized carbons (Fsp3) is 0.545. The topological polar surface area (TPSA) is 24.9 Å². The average molecular weight is 232 g/mol. The van der Waals surface area contributed by atoms with Gasteiger partial charge in [0.15, 0.2) is 0 Å². The van der Waals surface area contributed by atoms with E-state index in [0.717, 1.165) is 5.56 Å². The average Bonchev–Trinajstić information content (AvgIpc) is 2.17. The van der Waals surface area contributed by atoms with Crippen LogP contribution in [0.2, 0.25) is 0 Å². The van der Waals surface area contributed by atoms with Gasteiger partial charge in [-0.25, -0.2) is 0 Å². The third-order valence-electron chi connectivity index (χ3n) is 2.19. The highest BCUT2D eigenvalue weighted by atomic mass is 19.4. The molecular formula is C11H15F3N2. The fourth-order valence-electron chi connectivity index (χ4n) is 1.40. The lowest BCUT2D eigenvalue weighted by molar-refractivity contribution is -0.133. The molecule has 0 aliphatic carbocycles. The van der Waals surface area contributed by atoms with Crippen LogP contribution < -0.4 is 5.32 Å². The van der Waals surface area contributed by atoms with Crippen LogP contribution in [0.1, 0.15) is 18.9 Å². The smallest absolute Gasteiger partial charge is 0.314 e. The molecule has 5 heteroatoms. The minimum atomic E-state index is -4.08. The van der Waals surface area contributed by atoms with Crippen LogP contribution in [0.4, 0.5) is 13.2 Å². The molecule has 0 bridgehead atoms. The molecule has 1 unspecified atom stereocenters.